The first-order valence-electron chi connectivity index (χ1n) is 3.90. The van der Waals surface area contributed by atoms with E-state index >= 15 is 0 Å². The minimum Gasteiger partial charge on any atom is -0.357 e. The maximum atomic E-state index is 10.9. The van der Waals surface area contributed by atoms with Crippen molar-refractivity contribution in [2.45, 2.75) is 19.2 Å². The van der Waals surface area contributed by atoms with Crippen LogP contribution in [0.1, 0.15) is 19.5 Å². The van der Waals surface area contributed by atoms with Crippen molar-refractivity contribution in [2.24, 2.45) is 0 Å². The van der Waals surface area contributed by atoms with E-state index in [0.717, 1.165) is 0 Å². The van der Waals surface area contributed by atoms with E-state index < -0.39 is 5.34 Å². The van der Waals surface area contributed by atoms with E-state index in [4.69, 9.17) is 4.74 Å². The first kappa shape index (κ1) is 10.2. The smallest absolute Gasteiger partial charge is 0.197 e. The highest BCUT2D eigenvalue weighted by Gasteiger charge is 2.29. The van der Waals surface area contributed by atoms with Crippen LogP contribution in [0.4, 0.5) is 0 Å². The number of hydrogen-bond donors (Lipinski definition) is 0. The second kappa shape index (κ2) is 4.40. The molecule has 69 valence electrons. The zero-order chi connectivity index (χ0) is 9.73. The second-order valence-corrected chi connectivity index (χ2v) is 3.57. The van der Waals surface area contributed by atoms with Gasteiger partial charge in [0.2, 0.25) is 0 Å². The molecule has 5 heteroatoms. The molecule has 0 saturated carbocycles. The molecule has 1 unspecified atom stereocenters. The van der Waals surface area contributed by atoms with E-state index in [1.807, 2.05) is 6.92 Å². The Labute approximate surface area is 78.6 Å². The number of rotatable bonds is 4. The van der Waals surface area contributed by atoms with Gasteiger partial charge in [0.05, 0.1) is 12.4 Å². The lowest BCUT2D eigenvalue weighted by atomic mass is 10.3. The van der Waals surface area contributed by atoms with Gasteiger partial charge in [-0.1, -0.05) is 0 Å². The van der Waals surface area contributed by atoms with Crippen LogP contribution in [-0.4, -0.2) is 16.6 Å². The van der Waals surface area contributed by atoms with E-state index in [0.29, 0.717) is 12.3 Å². The third kappa shape index (κ3) is 2.29. The van der Waals surface area contributed by atoms with Gasteiger partial charge in [-0.15, -0.1) is 0 Å². The minimum atomic E-state index is -0.892. The molecule has 0 bridgehead atoms. The van der Waals surface area contributed by atoms with E-state index in [9.17, 15) is 4.57 Å². The maximum Gasteiger partial charge on any atom is 0.197 e. The van der Waals surface area contributed by atoms with Gasteiger partial charge < -0.3 is 4.74 Å². The Hall–Kier alpha value is -0.860. The largest absolute Gasteiger partial charge is 0.357 e. The second-order valence-electron chi connectivity index (χ2n) is 2.54. The number of hydrogen-bond acceptors (Lipinski definition) is 4. The molecule has 1 aromatic rings. The van der Waals surface area contributed by atoms with Crippen LogP contribution in [0.5, 0.6) is 0 Å². The summed E-state index contributed by atoms with van der Waals surface area (Å²) >= 11 is 0. The summed E-state index contributed by atoms with van der Waals surface area (Å²) in [6, 6.07) is 0. The van der Waals surface area contributed by atoms with Crippen molar-refractivity contribution in [3.05, 3.63) is 24.3 Å². The van der Waals surface area contributed by atoms with Crippen LogP contribution in [0.2, 0.25) is 0 Å². The van der Waals surface area contributed by atoms with Gasteiger partial charge in [0, 0.05) is 6.61 Å². The molecule has 0 aliphatic rings. The van der Waals surface area contributed by atoms with Crippen molar-refractivity contribution < 1.29 is 9.30 Å². The van der Waals surface area contributed by atoms with E-state index in [1.54, 1.807) is 6.92 Å². The van der Waals surface area contributed by atoms with Crippen LogP contribution in [-0.2, 0) is 14.6 Å². The molecule has 13 heavy (non-hydrogen) atoms. The lowest BCUT2D eigenvalue weighted by molar-refractivity contribution is 0.0378. The van der Waals surface area contributed by atoms with Gasteiger partial charge in [0.15, 0.2) is 13.8 Å². The van der Waals surface area contributed by atoms with E-state index in [1.165, 1.54) is 12.4 Å². The van der Waals surface area contributed by atoms with Crippen molar-refractivity contribution in [2.75, 3.05) is 6.61 Å². The average molecular weight is 197 g/mol. The van der Waals surface area contributed by atoms with Crippen molar-refractivity contribution >= 4 is 8.46 Å². The Morgan fingerprint density at radius 2 is 2.54 bits per heavy atom. The molecule has 0 fully saturated rings. The molecule has 0 N–H and O–H groups in total. The van der Waals surface area contributed by atoms with Gasteiger partial charge in [0.1, 0.15) is 11.9 Å². The molecule has 1 rings (SSSR count). The first-order chi connectivity index (χ1) is 6.23. The highest BCUT2D eigenvalue weighted by Crippen LogP contribution is 2.33. The van der Waals surface area contributed by atoms with Crippen LogP contribution in [0.15, 0.2) is 12.4 Å². The van der Waals surface area contributed by atoms with E-state index in [2.05, 4.69) is 16.2 Å². The highest BCUT2D eigenvalue weighted by molar-refractivity contribution is 7.25. The molecule has 1 radical (unpaired) electrons. The van der Waals surface area contributed by atoms with Crippen LogP contribution in [0.25, 0.3) is 0 Å². The van der Waals surface area contributed by atoms with Crippen LogP contribution in [0.3, 0.4) is 0 Å². The van der Waals surface area contributed by atoms with E-state index in [-0.39, 0.29) is 8.46 Å². The van der Waals surface area contributed by atoms with Crippen molar-refractivity contribution in [1.29, 1.82) is 0 Å². The third-order valence-corrected chi connectivity index (χ3v) is 2.30. The van der Waals surface area contributed by atoms with Gasteiger partial charge in [0.25, 0.3) is 0 Å². The average Bonchev–Trinajstić information content (AvgIpc) is 2.19. The molecule has 0 amide bonds. The lowest BCUT2D eigenvalue weighted by Gasteiger charge is -2.19. The summed E-state index contributed by atoms with van der Waals surface area (Å²) in [7, 11) is -0.121. The fourth-order valence-electron chi connectivity index (χ4n) is 0.931. The maximum absolute atomic E-state index is 10.9. The standard InChI is InChI=1S/C8H10N2O2P/c1-3-12-8(2,13-11)7-6-9-4-5-10-7/h5-6H,3H2,1-2H3. The molecule has 1 heterocycles. The normalized spacial score (nSPS) is 15.5. The van der Waals surface area contributed by atoms with Crippen LogP contribution >= 0.6 is 8.46 Å². The van der Waals surface area contributed by atoms with Crippen LogP contribution in [0, 0.1) is 6.20 Å². The SMILES string of the molecule is CCOC(C)(P=O)c1cn[c]cn1. The minimum absolute atomic E-state index is 0.121. The number of ether oxygens (including phenoxy) is 1. The monoisotopic (exact) mass is 197 g/mol. The first-order valence-corrected chi connectivity index (χ1v) is 4.71. The predicted octanol–water partition coefficient (Wildman–Crippen LogP) is 1.78. The Morgan fingerprint density at radius 1 is 1.77 bits per heavy atom. The summed E-state index contributed by atoms with van der Waals surface area (Å²) in [4.78, 5) is 7.76. The predicted molar refractivity (Wildman–Crippen MR) is 47.5 cm³/mol. The molecule has 0 aliphatic heterocycles. The summed E-state index contributed by atoms with van der Waals surface area (Å²) in [5.41, 5.74) is 0.546. The zero-order valence-corrected chi connectivity index (χ0v) is 8.41. The molecule has 4 nitrogen and oxygen atoms in total. The summed E-state index contributed by atoms with van der Waals surface area (Å²) in [5, 5.41) is -0.892. The lowest BCUT2D eigenvalue weighted by Crippen LogP contribution is -2.20. The fraction of sp³-hybridized carbons (Fsp3) is 0.500. The Balaban J connectivity index is 2.95. The summed E-state index contributed by atoms with van der Waals surface area (Å²) in [6.45, 7) is 4.02. The molecule has 1 atom stereocenters. The third-order valence-electron chi connectivity index (χ3n) is 1.60. The molecule has 0 aliphatic carbocycles. The molecule has 0 spiro atoms. The highest BCUT2D eigenvalue weighted by atomic mass is 31.1. The molecule has 0 saturated heterocycles. The molecular formula is C8H10N2O2P. The summed E-state index contributed by atoms with van der Waals surface area (Å²) in [5.74, 6) is 0. The van der Waals surface area contributed by atoms with Crippen LogP contribution < -0.4 is 0 Å². The van der Waals surface area contributed by atoms with Gasteiger partial charge in [-0.05, 0) is 13.8 Å². The van der Waals surface area contributed by atoms with Gasteiger partial charge in [-0.2, -0.15) is 0 Å². The van der Waals surface area contributed by atoms with Gasteiger partial charge >= 0.3 is 0 Å². The fourth-order valence-corrected chi connectivity index (χ4v) is 1.32. The van der Waals surface area contributed by atoms with Crippen molar-refractivity contribution in [3.63, 3.8) is 0 Å². The Morgan fingerprint density at radius 3 is 3.00 bits per heavy atom. The topological polar surface area (TPSA) is 52.1 Å². The summed E-state index contributed by atoms with van der Waals surface area (Å²) in [6.07, 6.45) is 5.48. The summed E-state index contributed by atoms with van der Waals surface area (Å²) < 4.78 is 16.2. The van der Waals surface area contributed by atoms with Crippen molar-refractivity contribution in [1.82, 2.24) is 9.97 Å². The Kier molecular flexibility index (Phi) is 3.46. The number of aromatic nitrogens is 2. The molecule has 0 aromatic carbocycles. The molecular weight excluding hydrogens is 187 g/mol. The zero-order valence-electron chi connectivity index (χ0n) is 7.52. The quantitative estimate of drug-likeness (QED) is 0.690. The van der Waals surface area contributed by atoms with Crippen molar-refractivity contribution in [3.8, 4) is 0 Å². The van der Waals surface area contributed by atoms with Gasteiger partial charge in [-0.25, -0.2) is 0 Å². The Bertz CT molecular complexity index is 281. The number of nitrogens with zero attached hydrogens (tertiary/aromatic N) is 2. The van der Waals surface area contributed by atoms with Gasteiger partial charge in [-0.3, -0.25) is 14.5 Å². The molecule has 1 aromatic heterocycles.